The average Bonchev–Trinajstić information content (AvgIpc) is 3.16. The van der Waals surface area contributed by atoms with E-state index in [0.717, 1.165) is 36.2 Å². The van der Waals surface area contributed by atoms with Crippen LogP contribution in [-0.4, -0.2) is 20.7 Å². The highest BCUT2D eigenvalue weighted by Gasteiger charge is 2.22. The fourth-order valence-electron chi connectivity index (χ4n) is 3.61. The summed E-state index contributed by atoms with van der Waals surface area (Å²) >= 11 is 0. The number of rotatable bonds is 3. The van der Waals surface area contributed by atoms with E-state index in [9.17, 15) is 4.79 Å². The van der Waals surface area contributed by atoms with Crippen molar-refractivity contribution in [1.82, 2.24) is 20.1 Å². The molecule has 0 aliphatic heterocycles. The van der Waals surface area contributed by atoms with Crippen LogP contribution in [0, 0.1) is 6.92 Å². The summed E-state index contributed by atoms with van der Waals surface area (Å²) in [7, 11) is 0. The van der Waals surface area contributed by atoms with Crippen LogP contribution in [0.1, 0.15) is 45.9 Å². The number of nitrogens with one attached hydrogen (secondary N) is 1. The van der Waals surface area contributed by atoms with E-state index in [1.165, 1.54) is 17.5 Å². The molecule has 0 bridgehead atoms. The second-order valence-electron chi connectivity index (χ2n) is 6.72. The lowest BCUT2D eigenvalue weighted by atomic mass is 9.87. The number of anilines is 1. The van der Waals surface area contributed by atoms with Gasteiger partial charge in [-0.1, -0.05) is 6.07 Å². The van der Waals surface area contributed by atoms with Crippen molar-refractivity contribution in [3.63, 3.8) is 0 Å². The Morgan fingerprint density at radius 3 is 2.92 bits per heavy atom. The van der Waals surface area contributed by atoms with Gasteiger partial charge in [-0.25, -0.2) is 9.67 Å². The largest absolute Gasteiger partial charge is 0.399 e. The second kappa shape index (κ2) is 6.63. The minimum absolute atomic E-state index is 0.0298. The van der Waals surface area contributed by atoms with Crippen LogP contribution in [0.3, 0.4) is 0 Å². The van der Waals surface area contributed by atoms with E-state index in [4.69, 9.17) is 5.73 Å². The zero-order chi connectivity index (χ0) is 18.1. The predicted octanol–water partition coefficient (Wildman–Crippen LogP) is 2.97. The van der Waals surface area contributed by atoms with Crippen molar-refractivity contribution in [2.75, 3.05) is 5.73 Å². The molecule has 1 amide bonds. The molecule has 1 heterocycles. The van der Waals surface area contributed by atoms with Crippen LogP contribution in [0.25, 0.3) is 5.69 Å². The standard InChI is InChI=1S/C20H21N5O/c1-13-9-15(5-8-19(13)25-12-22-11-23-25)20(26)24-18-4-2-3-14-10-16(21)6-7-17(14)18/h5-12,18H,2-4,21H2,1H3,(H,24,26). The number of amides is 1. The molecule has 1 aliphatic carbocycles. The SMILES string of the molecule is Cc1cc(C(=O)NC2CCCc3cc(N)ccc32)ccc1-n1cncn1. The third-order valence-electron chi connectivity index (χ3n) is 4.91. The summed E-state index contributed by atoms with van der Waals surface area (Å²) in [5, 5.41) is 7.32. The van der Waals surface area contributed by atoms with Crippen LogP contribution in [-0.2, 0) is 6.42 Å². The molecule has 3 N–H and O–H groups in total. The summed E-state index contributed by atoms with van der Waals surface area (Å²) in [4.78, 5) is 16.7. The smallest absolute Gasteiger partial charge is 0.251 e. The number of carbonyl (C=O) groups is 1. The molecule has 6 nitrogen and oxygen atoms in total. The Kier molecular flexibility index (Phi) is 4.16. The van der Waals surface area contributed by atoms with Gasteiger partial charge >= 0.3 is 0 Å². The lowest BCUT2D eigenvalue weighted by Gasteiger charge is -2.26. The zero-order valence-corrected chi connectivity index (χ0v) is 14.6. The molecule has 132 valence electrons. The Morgan fingerprint density at radius 1 is 1.27 bits per heavy atom. The fraction of sp³-hybridized carbons (Fsp3) is 0.250. The van der Waals surface area contributed by atoms with Gasteiger partial charge in [0.2, 0.25) is 0 Å². The van der Waals surface area contributed by atoms with Crippen molar-refractivity contribution in [3.8, 4) is 5.69 Å². The van der Waals surface area contributed by atoms with Crippen molar-refractivity contribution >= 4 is 11.6 Å². The van der Waals surface area contributed by atoms with E-state index in [1.807, 2.05) is 43.3 Å². The van der Waals surface area contributed by atoms with E-state index in [0.29, 0.717) is 5.56 Å². The first-order chi connectivity index (χ1) is 12.6. The third-order valence-corrected chi connectivity index (χ3v) is 4.91. The zero-order valence-electron chi connectivity index (χ0n) is 14.6. The highest BCUT2D eigenvalue weighted by atomic mass is 16.1. The highest BCUT2D eigenvalue weighted by Crippen LogP contribution is 2.31. The van der Waals surface area contributed by atoms with Crippen LogP contribution in [0.5, 0.6) is 0 Å². The Labute approximate surface area is 152 Å². The number of benzene rings is 2. The molecule has 0 saturated carbocycles. The molecule has 0 fully saturated rings. The summed E-state index contributed by atoms with van der Waals surface area (Å²) in [6.45, 7) is 1.96. The van der Waals surface area contributed by atoms with Crippen LogP contribution < -0.4 is 11.1 Å². The highest BCUT2D eigenvalue weighted by molar-refractivity contribution is 5.95. The topological polar surface area (TPSA) is 85.8 Å². The normalized spacial score (nSPS) is 16.1. The fourth-order valence-corrected chi connectivity index (χ4v) is 3.61. The Bertz CT molecular complexity index is 949. The molecule has 3 aromatic rings. The van der Waals surface area contributed by atoms with Crippen molar-refractivity contribution in [2.24, 2.45) is 0 Å². The van der Waals surface area contributed by atoms with E-state index < -0.39 is 0 Å². The average molecular weight is 347 g/mol. The first-order valence-corrected chi connectivity index (χ1v) is 8.76. The van der Waals surface area contributed by atoms with Crippen LogP contribution >= 0.6 is 0 Å². The number of aromatic nitrogens is 3. The number of nitrogens with two attached hydrogens (primary N) is 1. The Hall–Kier alpha value is -3.15. The van der Waals surface area contributed by atoms with E-state index in [2.05, 4.69) is 15.4 Å². The number of hydrogen-bond donors (Lipinski definition) is 2. The molecule has 0 saturated heterocycles. The van der Waals surface area contributed by atoms with Gasteiger partial charge < -0.3 is 11.1 Å². The maximum absolute atomic E-state index is 12.8. The van der Waals surface area contributed by atoms with E-state index >= 15 is 0 Å². The summed E-state index contributed by atoms with van der Waals surface area (Å²) < 4.78 is 1.69. The molecule has 1 aliphatic rings. The molecule has 1 aromatic heterocycles. The maximum Gasteiger partial charge on any atom is 0.251 e. The molecule has 4 rings (SSSR count). The number of carbonyl (C=O) groups excluding carboxylic acids is 1. The van der Waals surface area contributed by atoms with Gasteiger partial charge in [0, 0.05) is 11.3 Å². The lowest BCUT2D eigenvalue weighted by molar-refractivity contribution is 0.0932. The molecule has 6 heteroatoms. The molecular weight excluding hydrogens is 326 g/mol. The number of fused-ring (bicyclic) bond motifs is 1. The Balaban J connectivity index is 1.55. The number of aryl methyl sites for hydroxylation is 2. The number of hydrogen-bond acceptors (Lipinski definition) is 4. The van der Waals surface area contributed by atoms with Gasteiger partial charge in [-0.05, 0) is 73.2 Å². The van der Waals surface area contributed by atoms with E-state index in [-0.39, 0.29) is 11.9 Å². The lowest BCUT2D eigenvalue weighted by Crippen LogP contribution is -2.31. The van der Waals surface area contributed by atoms with Crippen molar-refractivity contribution in [1.29, 1.82) is 0 Å². The first-order valence-electron chi connectivity index (χ1n) is 8.76. The summed E-state index contributed by atoms with van der Waals surface area (Å²) in [6, 6.07) is 11.6. The molecule has 1 atom stereocenters. The molecule has 2 aromatic carbocycles. The van der Waals surface area contributed by atoms with Gasteiger partial charge in [0.1, 0.15) is 12.7 Å². The van der Waals surface area contributed by atoms with Crippen LogP contribution in [0.15, 0.2) is 49.1 Å². The van der Waals surface area contributed by atoms with Gasteiger partial charge in [0.15, 0.2) is 0 Å². The quantitative estimate of drug-likeness (QED) is 0.713. The Morgan fingerprint density at radius 2 is 2.15 bits per heavy atom. The third kappa shape index (κ3) is 3.06. The van der Waals surface area contributed by atoms with Gasteiger partial charge in [-0.3, -0.25) is 4.79 Å². The van der Waals surface area contributed by atoms with Crippen molar-refractivity contribution < 1.29 is 4.79 Å². The maximum atomic E-state index is 12.8. The van der Waals surface area contributed by atoms with Crippen LogP contribution in [0.4, 0.5) is 5.69 Å². The molecule has 26 heavy (non-hydrogen) atoms. The summed E-state index contributed by atoms with van der Waals surface area (Å²) in [6.07, 6.45) is 6.14. The number of nitrogen functional groups attached to an aromatic ring is 1. The monoisotopic (exact) mass is 347 g/mol. The second-order valence-corrected chi connectivity index (χ2v) is 6.72. The minimum Gasteiger partial charge on any atom is -0.399 e. The molecule has 0 radical (unpaired) electrons. The van der Waals surface area contributed by atoms with Gasteiger partial charge in [0.05, 0.1) is 11.7 Å². The molecule has 0 spiro atoms. The number of nitrogens with zero attached hydrogens (tertiary/aromatic N) is 3. The van der Waals surface area contributed by atoms with E-state index in [1.54, 1.807) is 11.0 Å². The van der Waals surface area contributed by atoms with Crippen LogP contribution in [0.2, 0.25) is 0 Å². The minimum atomic E-state index is -0.0621. The predicted molar refractivity (Wildman–Crippen MR) is 100 cm³/mol. The summed E-state index contributed by atoms with van der Waals surface area (Å²) in [5.74, 6) is -0.0621. The first kappa shape index (κ1) is 16.3. The van der Waals surface area contributed by atoms with Crippen molar-refractivity contribution in [3.05, 3.63) is 71.3 Å². The van der Waals surface area contributed by atoms with Gasteiger partial charge in [-0.2, -0.15) is 5.10 Å². The van der Waals surface area contributed by atoms with Gasteiger partial charge in [0.25, 0.3) is 5.91 Å². The summed E-state index contributed by atoms with van der Waals surface area (Å²) in [5.41, 5.74) is 11.6. The van der Waals surface area contributed by atoms with Gasteiger partial charge in [-0.15, -0.1) is 0 Å². The molecule has 1 unspecified atom stereocenters. The molecular formula is C20H21N5O. The van der Waals surface area contributed by atoms with Crippen molar-refractivity contribution in [2.45, 2.75) is 32.2 Å².